The van der Waals surface area contributed by atoms with Crippen molar-refractivity contribution in [1.29, 1.82) is 0 Å². The molecule has 21 heavy (non-hydrogen) atoms. The molecule has 5 nitrogen and oxygen atoms in total. The summed E-state index contributed by atoms with van der Waals surface area (Å²) in [6, 6.07) is 3.90. The smallest absolute Gasteiger partial charge is 0.178 e. The molecule has 1 aromatic carbocycles. The van der Waals surface area contributed by atoms with Crippen LogP contribution in [0.4, 0.5) is 0 Å². The standard InChI is InChI=1S/C15H23N3O2S/c1-5-17(6-2)7-8-18-12-10-14(20-4)13(19-3)9-11(12)16-15(18)21/h9-10H,5-8H2,1-4H3,(H,16,21). The van der Waals surface area contributed by atoms with Crippen molar-refractivity contribution in [2.75, 3.05) is 33.9 Å². The highest BCUT2D eigenvalue weighted by Gasteiger charge is 2.11. The summed E-state index contributed by atoms with van der Waals surface area (Å²) in [6.45, 7) is 8.27. The van der Waals surface area contributed by atoms with Crippen LogP contribution in [0.2, 0.25) is 0 Å². The minimum atomic E-state index is 0.706. The van der Waals surface area contributed by atoms with Gasteiger partial charge in [-0.25, -0.2) is 0 Å². The van der Waals surface area contributed by atoms with Crippen LogP contribution in [0.1, 0.15) is 13.8 Å². The molecule has 1 N–H and O–H groups in total. The van der Waals surface area contributed by atoms with Crippen LogP contribution in [0.25, 0.3) is 11.0 Å². The largest absolute Gasteiger partial charge is 0.493 e. The second-order valence-corrected chi connectivity index (χ2v) is 5.22. The predicted molar refractivity (Wildman–Crippen MR) is 88.0 cm³/mol. The van der Waals surface area contributed by atoms with Gasteiger partial charge in [-0.15, -0.1) is 0 Å². The average molecular weight is 309 g/mol. The van der Waals surface area contributed by atoms with E-state index in [4.69, 9.17) is 21.7 Å². The predicted octanol–water partition coefficient (Wildman–Crippen LogP) is 3.06. The Hall–Kier alpha value is -1.53. The number of hydrogen-bond donors (Lipinski definition) is 1. The van der Waals surface area contributed by atoms with Gasteiger partial charge in [0.15, 0.2) is 16.3 Å². The molecule has 6 heteroatoms. The van der Waals surface area contributed by atoms with Gasteiger partial charge in [-0.05, 0) is 25.3 Å². The monoisotopic (exact) mass is 309 g/mol. The number of fused-ring (bicyclic) bond motifs is 1. The lowest BCUT2D eigenvalue weighted by molar-refractivity contribution is 0.291. The number of imidazole rings is 1. The molecule has 1 heterocycles. The van der Waals surface area contributed by atoms with Gasteiger partial charge in [0.1, 0.15) is 0 Å². The number of likely N-dealkylation sites (N-methyl/N-ethyl adjacent to an activating group) is 1. The van der Waals surface area contributed by atoms with Crippen LogP contribution in [-0.2, 0) is 6.54 Å². The third kappa shape index (κ3) is 3.22. The third-order valence-electron chi connectivity index (χ3n) is 3.81. The highest BCUT2D eigenvalue weighted by Crippen LogP contribution is 2.31. The van der Waals surface area contributed by atoms with E-state index >= 15 is 0 Å². The zero-order chi connectivity index (χ0) is 15.4. The van der Waals surface area contributed by atoms with E-state index in [1.54, 1.807) is 14.2 Å². The highest BCUT2D eigenvalue weighted by atomic mass is 32.1. The Morgan fingerprint density at radius 2 is 1.76 bits per heavy atom. The van der Waals surface area contributed by atoms with E-state index < -0.39 is 0 Å². The quantitative estimate of drug-likeness (QED) is 0.798. The first-order valence-electron chi connectivity index (χ1n) is 7.21. The van der Waals surface area contributed by atoms with E-state index in [1.165, 1.54) is 0 Å². The lowest BCUT2D eigenvalue weighted by Gasteiger charge is -2.18. The van der Waals surface area contributed by atoms with Crippen LogP contribution < -0.4 is 9.47 Å². The van der Waals surface area contributed by atoms with E-state index in [-0.39, 0.29) is 0 Å². The van der Waals surface area contributed by atoms with E-state index in [9.17, 15) is 0 Å². The first-order valence-corrected chi connectivity index (χ1v) is 7.62. The number of ether oxygens (including phenoxy) is 2. The maximum absolute atomic E-state index is 5.44. The van der Waals surface area contributed by atoms with Gasteiger partial charge in [0.2, 0.25) is 0 Å². The summed E-state index contributed by atoms with van der Waals surface area (Å²) < 4.78 is 13.6. The molecular formula is C15H23N3O2S. The summed E-state index contributed by atoms with van der Waals surface area (Å²) >= 11 is 5.44. The number of aromatic amines is 1. The molecule has 0 saturated carbocycles. The Labute approximate surface area is 130 Å². The molecular weight excluding hydrogens is 286 g/mol. The van der Waals surface area contributed by atoms with E-state index in [0.717, 1.165) is 47.7 Å². The van der Waals surface area contributed by atoms with Crippen molar-refractivity contribution in [2.24, 2.45) is 0 Å². The van der Waals surface area contributed by atoms with Crippen molar-refractivity contribution in [3.8, 4) is 11.5 Å². The summed E-state index contributed by atoms with van der Waals surface area (Å²) in [5.74, 6) is 1.42. The van der Waals surface area contributed by atoms with Crippen LogP contribution in [0.15, 0.2) is 12.1 Å². The number of methoxy groups -OCH3 is 2. The molecule has 0 atom stereocenters. The minimum absolute atomic E-state index is 0.706. The topological polar surface area (TPSA) is 42.4 Å². The molecule has 0 saturated heterocycles. The van der Waals surface area contributed by atoms with Gasteiger partial charge in [0.25, 0.3) is 0 Å². The molecule has 0 amide bonds. The second kappa shape index (κ2) is 6.95. The zero-order valence-electron chi connectivity index (χ0n) is 13.1. The van der Waals surface area contributed by atoms with Gasteiger partial charge in [-0.2, -0.15) is 0 Å². The number of nitrogens with one attached hydrogen (secondary N) is 1. The first-order chi connectivity index (χ1) is 10.1. The van der Waals surface area contributed by atoms with Crippen LogP contribution in [0.3, 0.4) is 0 Å². The van der Waals surface area contributed by atoms with Gasteiger partial charge < -0.3 is 23.9 Å². The number of aromatic nitrogens is 2. The SMILES string of the molecule is CCN(CC)CCn1c(=S)[nH]c2cc(OC)c(OC)cc21. The van der Waals surface area contributed by atoms with E-state index in [0.29, 0.717) is 5.75 Å². The number of benzene rings is 1. The molecule has 0 fully saturated rings. The Morgan fingerprint density at radius 3 is 2.33 bits per heavy atom. The lowest BCUT2D eigenvalue weighted by Crippen LogP contribution is -2.27. The number of H-pyrrole nitrogens is 1. The van der Waals surface area contributed by atoms with Crippen molar-refractivity contribution in [3.63, 3.8) is 0 Å². The lowest BCUT2D eigenvalue weighted by atomic mass is 10.2. The number of hydrogen-bond acceptors (Lipinski definition) is 4. The maximum Gasteiger partial charge on any atom is 0.178 e. The van der Waals surface area contributed by atoms with Gasteiger partial charge in [-0.3, -0.25) is 0 Å². The van der Waals surface area contributed by atoms with Crippen molar-refractivity contribution in [3.05, 3.63) is 16.9 Å². The first kappa shape index (κ1) is 15.9. The van der Waals surface area contributed by atoms with Crippen LogP contribution in [0.5, 0.6) is 11.5 Å². The Balaban J connectivity index is 2.39. The van der Waals surface area contributed by atoms with Crippen LogP contribution in [-0.4, -0.2) is 48.3 Å². The number of rotatable bonds is 7. The summed E-state index contributed by atoms with van der Waals surface area (Å²) in [5, 5.41) is 0. The Morgan fingerprint density at radius 1 is 1.14 bits per heavy atom. The van der Waals surface area contributed by atoms with E-state index in [1.807, 2.05) is 12.1 Å². The molecule has 0 aliphatic carbocycles. The van der Waals surface area contributed by atoms with Gasteiger partial charge in [-0.1, -0.05) is 13.8 Å². The molecule has 0 bridgehead atoms. The fourth-order valence-electron chi connectivity index (χ4n) is 2.49. The van der Waals surface area contributed by atoms with Crippen LogP contribution in [0, 0.1) is 4.77 Å². The molecule has 2 rings (SSSR count). The van der Waals surface area contributed by atoms with Crippen molar-refractivity contribution in [1.82, 2.24) is 14.5 Å². The normalized spacial score (nSPS) is 11.3. The molecule has 1 aromatic heterocycles. The van der Waals surface area contributed by atoms with Crippen molar-refractivity contribution < 1.29 is 9.47 Å². The van der Waals surface area contributed by atoms with Crippen LogP contribution >= 0.6 is 12.2 Å². The molecule has 0 spiro atoms. The molecule has 0 radical (unpaired) electrons. The van der Waals surface area contributed by atoms with Gasteiger partial charge >= 0.3 is 0 Å². The summed E-state index contributed by atoms with van der Waals surface area (Å²) in [5.41, 5.74) is 2.02. The molecule has 0 aliphatic rings. The zero-order valence-corrected chi connectivity index (χ0v) is 13.9. The average Bonchev–Trinajstić information content (AvgIpc) is 2.81. The fourth-order valence-corrected chi connectivity index (χ4v) is 2.79. The summed E-state index contributed by atoms with van der Waals surface area (Å²) in [6.07, 6.45) is 0. The maximum atomic E-state index is 5.44. The van der Waals surface area contributed by atoms with Crippen molar-refractivity contribution >= 4 is 23.3 Å². The Bertz CT molecular complexity index is 659. The van der Waals surface area contributed by atoms with Gasteiger partial charge in [0.05, 0.1) is 25.3 Å². The summed E-state index contributed by atoms with van der Waals surface area (Å²) in [4.78, 5) is 5.61. The molecule has 2 aromatic rings. The minimum Gasteiger partial charge on any atom is -0.493 e. The Kier molecular flexibility index (Phi) is 5.25. The second-order valence-electron chi connectivity index (χ2n) is 4.83. The highest BCUT2D eigenvalue weighted by molar-refractivity contribution is 7.71. The van der Waals surface area contributed by atoms with E-state index in [2.05, 4.69) is 28.3 Å². The molecule has 116 valence electrons. The molecule has 0 unspecified atom stereocenters. The summed E-state index contributed by atoms with van der Waals surface area (Å²) in [7, 11) is 3.28. The third-order valence-corrected chi connectivity index (χ3v) is 4.14. The van der Waals surface area contributed by atoms with Crippen molar-refractivity contribution in [2.45, 2.75) is 20.4 Å². The molecule has 0 aliphatic heterocycles. The fraction of sp³-hybridized carbons (Fsp3) is 0.533. The number of nitrogens with zero attached hydrogens (tertiary/aromatic N) is 2. The van der Waals surface area contributed by atoms with Gasteiger partial charge in [0, 0.05) is 25.2 Å².